The largest absolute Gasteiger partial charge is 0.376 e. The number of ether oxygens (including phenoxy) is 1. The number of rotatable bonds is 2. The van der Waals surface area contributed by atoms with Crippen molar-refractivity contribution in [2.45, 2.75) is 38.3 Å². The van der Waals surface area contributed by atoms with Crippen molar-refractivity contribution < 1.29 is 4.74 Å². The van der Waals surface area contributed by atoms with Crippen LogP contribution in [-0.2, 0) is 18.2 Å². The van der Waals surface area contributed by atoms with Crippen LogP contribution >= 0.6 is 0 Å². The number of fused-ring (bicyclic) bond motifs is 2. The number of anilines is 3. The van der Waals surface area contributed by atoms with E-state index in [-0.39, 0.29) is 23.1 Å². The summed E-state index contributed by atoms with van der Waals surface area (Å²) in [5, 5.41) is 8.00. The minimum absolute atomic E-state index is 0.0250. The average molecular weight is 437 g/mol. The van der Waals surface area contributed by atoms with E-state index in [2.05, 4.69) is 31.9 Å². The molecule has 0 aromatic carbocycles. The van der Waals surface area contributed by atoms with E-state index in [1.54, 1.807) is 17.8 Å². The first-order valence-corrected chi connectivity index (χ1v) is 11.3. The Hall–Kier alpha value is -2.98. The fourth-order valence-electron chi connectivity index (χ4n) is 5.56. The van der Waals surface area contributed by atoms with Crippen molar-refractivity contribution in [1.29, 1.82) is 0 Å². The molecule has 3 aliphatic rings. The number of aromatic nitrogens is 5. The molecule has 0 bridgehead atoms. The maximum absolute atomic E-state index is 13.4. The lowest BCUT2D eigenvalue weighted by atomic mass is 9.73. The molecule has 1 spiro atoms. The standard InChI is InChI=1S/C22H28N8O2/c1-13-17(23)22(12-32-13)6-10-29(11-7-22)21-25-18-16(20(31)28(21)2)19(27-26-18)30-9-5-14-15(30)4-3-8-24-14/h3-4,8,13,17H,5-7,9-12,23H2,1-2H3,(H,26,27)/t13-,17+/m0/s1. The summed E-state index contributed by atoms with van der Waals surface area (Å²) in [5.74, 6) is 1.28. The molecule has 10 nitrogen and oxygen atoms in total. The molecule has 2 atom stereocenters. The van der Waals surface area contributed by atoms with Crippen LogP contribution in [0.25, 0.3) is 11.0 Å². The normalized spacial score (nSPS) is 24.6. The van der Waals surface area contributed by atoms with Gasteiger partial charge in [0, 0.05) is 50.8 Å². The van der Waals surface area contributed by atoms with E-state index in [0.717, 1.165) is 50.3 Å². The number of pyridine rings is 1. The number of piperidine rings is 1. The lowest BCUT2D eigenvalue weighted by molar-refractivity contribution is 0.0973. The molecule has 0 aliphatic carbocycles. The van der Waals surface area contributed by atoms with Crippen LogP contribution in [0.1, 0.15) is 25.5 Å². The molecule has 6 rings (SSSR count). The number of H-pyrrole nitrogens is 1. The van der Waals surface area contributed by atoms with Gasteiger partial charge in [-0.2, -0.15) is 10.1 Å². The predicted octanol–water partition coefficient (Wildman–Crippen LogP) is 1.08. The van der Waals surface area contributed by atoms with Crippen molar-refractivity contribution in [3.05, 3.63) is 34.4 Å². The Labute approximate surface area is 185 Å². The Bertz CT molecular complexity index is 1240. The van der Waals surface area contributed by atoms with Crippen molar-refractivity contribution >= 4 is 28.5 Å². The molecule has 0 amide bonds. The zero-order valence-corrected chi connectivity index (χ0v) is 18.4. The molecule has 6 heterocycles. The van der Waals surface area contributed by atoms with E-state index in [1.807, 2.05) is 12.1 Å². The molecule has 2 saturated heterocycles. The third kappa shape index (κ3) is 2.72. The first-order chi connectivity index (χ1) is 15.5. The van der Waals surface area contributed by atoms with Gasteiger partial charge in [-0.3, -0.25) is 19.4 Å². The minimum atomic E-state index is -0.0964. The molecule has 3 aromatic heterocycles. The highest BCUT2D eigenvalue weighted by Gasteiger charge is 2.47. The van der Waals surface area contributed by atoms with Crippen molar-refractivity contribution in [1.82, 2.24) is 24.7 Å². The number of nitrogens with two attached hydrogens (primary N) is 1. The molecule has 3 aromatic rings. The lowest BCUT2D eigenvalue weighted by Crippen LogP contribution is -2.51. The Morgan fingerprint density at radius 3 is 2.84 bits per heavy atom. The SMILES string of the molecule is C[C@@H]1OCC2(CCN(c3nc4[nH]nc(N5CCc6ncccc65)c4c(=O)n3C)CC2)[C@@H]1N. The summed E-state index contributed by atoms with van der Waals surface area (Å²) in [7, 11) is 1.79. The lowest BCUT2D eigenvalue weighted by Gasteiger charge is -2.41. The Morgan fingerprint density at radius 1 is 1.28 bits per heavy atom. The van der Waals surface area contributed by atoms with Crippen LogP contribution in [0.5, 0.6) is 0 Å². The van der Waals surface area contributed by atoms with Gasteiger partial charge in [-0.1, -0.05) is 0 Å². The van der Waals surface area contributed by atoms with Gasteiger partial charge in [0.1, 0.15) is 5.39 Å². The topological polar surface area (TPSA) is 118 Å². The molecule has 32 heavy (non-hydrogen) atoms. The predicted molar refractivity (Wildman–Crippen MR) is 121 cm³/mol. The van der Waals surface area contributed by atoms with E-state index in [9.17, 15) is 4.79 Å². The van der Waals surface area contributed by atoms with Crippen LogP contribution in [0.4, 0.5) is 17.5 Å². The molecular weight excluding hydrogens is 408 g/mol. The zero-order valence-electron chi connectivity index (χ0n) is 18.4. The summed E-state index contributed by atoms with van der Waals surface area (Å²) in [4.78, 5) is 26.9. The number of hydrogen-bond acceptors (Lipinski definition) is 8. The number of nitrogens with one attached hydrogen (secondary N) is 1. The Balaban J connectivity index is 1.33. The van der Waals surface area contributed by atoms with Crippen LogP contribution in [-0.4, -0.2) is 63.1 Å². The van der Waals surface area contributed by atoms with Gasteiger partial charge in [-0.15, -0.1) is 0 Å². The average Bonchev–Trinajstić information content (AvgIpc) is 3.50. The number of nitrogens with zero attached hydrogens (tertiary/aromatic N) is 6. The van der Waals surface area contributed by atoms with Crippen LogP contribution in [0.3, 0.4) is 0 Å². The summed E-state index contributed by atoms with van der Waals surface area (Å²) in [6.45, 7) is 5.09. The quantitative estimate of drug-likeness (QED) is 0.613. The fraction of sp³-hybridized carbons (Fsp3) is 0.545. The highest BCUT2D eigenvalue weighted by molar-refractivity contribution is 5.90. The monoisotopic (exact) mass is 436 g/mol. The van der Waals surface area contributed by atoms with E-state index in [1.165, 1.54) is 0 Å². The minimum Gasteiger partial charge on any atom is -0.376 e. The van der Waals surface area contributed by atoms with Crippen molar-refractivity contribution in [3.8, 4) is 0 Å². The molecule has 2 fully saturated rings. The number of aromatic amines is 1. The molecule has 3 aliphatic heterocycles. The van der Waals surface area contributed by atoms with Crippen LogP contribution in [0, 0.1) is 5.41 Å². The highest BCUT2D eigenvalue weighted by atomic mass is 16.5. The second-order valence-corrected chi connectivity index (χ2v) is 9.31. The third-order valence-corrected chi connectivity index (χ3v) is 7.63. The van der Waals surface area contributed by atoms with E-state index >= 15 is 0 Å². The summed E-state index contributed by atoms with van der Waals surface area (Å²) < 4.78 is 7.49. The van der Waals surface area contributed by atoms with Gasteiger partial charge in [-0.05, 0) is 31.9 Å². The van der Waals surface area contributed by atoms with Gasteiger partial charge in [0.25, 0.3) is 5.56 Å². The summed E-state index contributed by atoms with van der Waals surface area (Å²) >= 11 is 0. The molecular formula is C22H28N8O2. The Morgan fingerprint density at radius 2 is 2.09 bits per heavy atom. The molecule has 0 radical (unpaired) electrons. The van der Waals surface area contributed by atoms with E-state index in [0.29, 0.717) is 29.4 Å². The summed E-state index contributed by atoms with van der Waals surface area (Å²) in [6, 6.07) is 3.98. The summed E-state index contributed by atoms with van der Waals surface area (Å²) in [5.41, 5.74) is 8.93. The summed E-state index contributed by atoms with van der Waals surface area (Å²) in [6.07, 6.45) is 4.58. The molecule has 10 heteroatoms. The second-order valence-electron chi connectivity index (χ2n) is 9.31. The molecule has 3 N–H and O–H groups in total. The van der Waals surface area contributed by atoms with Gasteiger partial charge in [-0.25, -0.2) is 0 Å². The van der Waals surface area contributed by atoms with Crippen LogP contribution in [0.2, 0.25) is 0 Å². The van der Waals surface area contributed by atoms with Crippen LogP contribution < -0.4 is 21.1 Å². The van der Waals surface area contributed by atoms with Gasteiger partial charge >= 0.3 is 0 Å². The van der Waals surface area contributed by atoms with E-state index < -0.39 is 0 Å². The maximum atomic E-state index is 13.4. The van der Waals surface area contributed by atoms with Crippen molar-refractivity contribution in [3.63, 3.8) is 0 Å². The molecule has 0 unspecified atom stereocenters. The van der Waals surface area contributed by atoms with Crippen molar-refractivity contribution in [2.75, 3.05) is 36.0 Å². The highest BCUT2D eigenvalue weighted by Crippen LogP contribution is 2.42. The van der Waals surface area contributed by atoms with Gasteiger partial charge in [0.2, 0.25) is 5.95 Å². The van der Waals surface area contributed by atoms with Gasteiger partial charge < -0.3 is 20.3 Å². The van der Waals surface area contributed by atoms with Gasteiger partial charge in [0.05, 0.1) is 24.1 Å². The first-order valence-electron chi connectivity index (χ1n) is 11.3. The molecule has 0 saturated carbocycles. The third-order valence-electron chi connectivity index (χ3n) is 7.63. The zero-order chi connectivity index (χ0) is 22.0. The second kappa shape index (κ2) is 7.01. The molecule has 168 valence electrons. The van der Waals surface area contributed by atoms with Crippen molar-refractivity contribution in [2.24, 2.45) is 18.2 Å². The van der Waals surface area contributed by atoms with Crippen LogP contribution in [0.15, 0.2) is 23.1 Å². The smallest absolute Gasteiger partial charge is 0.268 e. The fourth-order valence-corrected chi connectivity index (χ4v) is 5.56. The van der Waals surface area contributed by atoms with Gasteiger partial charge in [0.15, 0.2) is 11.5 Å². The first kappa shape index (κ1) is 19.7. The number of hydrogen-bond donors (Lipinski definition) is 2. The van der Waals surface area contributed by atoms with E-state index in [4.69, 9.17) is 15.5 Å². The Kier molecular flexibility index (Phi) is 4.31. The maximum Gasteiger partial charge on any atom is 0.268 e.